The number of anilines is 1. The molecule has 4 rings (SSSR count). The first-order chi connectivity index (χ1) is 14.4. The van der Waals surface area contributed by atoms with Crippen LogP contribution in [0.5, 0.6) is 11.5 Å². The first kappa shape index (κ1) is 20.2. The zero-order valence-electron chi connectivity index (χ0n) is 17.1. The van der Waals surface area contributed by atoms with Crippen LogP contribution in [0.4, 0.5) is 11.4 Å². The van der Waals surface area contributed by atoms with Gasteiger partial charge in [0.15, 0.2) is 11.5 Å². The van der Waals surface area contributed by atoms with Gasteiger partial charge in [0.05, 0.1) is 11.5 Å². The minimum atomic E-state index is -0.462. The van der Waals surface area contributed by atoms with Crippen molar-refractivity contribution in [2.24, 2.45) is 0 Å². The van der Waals surface area contributed by atoms with Gasteiger partial charge in [-0.25, -0.2) is 0 Å². The summed E-state index contributed by atoms with van der Waals surface area (Å²) in [7, 11) is 0. The second-order valence-electron chi connectivity index (χ2n) is 7.79. The Hall–Kier alpha value is -3.13. The lowest BCUT2D eigenvalue weighted by Gasteiger charge is -2.26. The van der Waals surface area contributed by atoms with Crippen LogP contribution in [0, 0.1) is 24.0 Å². The molecule has 0 saturated carbocycles. The van der Waals surface area contributed by atoms with Crippen molar-refractivity contribution in [1.29, 1.82) is 0 Å². The average Bonchev–Trinajstić information content (AvgIpc) is 3.17. The molecule has 0 spiro atoms. The van der Waals surface area contributed by atoms with E-state index in [0.717, 1.165) is 47.6 Å². The normalized spacial score (nSPS) is 18.3. The van der Waals surface area contributed by atoms with Crippen LogP contribution in [0.15, 0.2) is 30.3 Å². The number of hydrogen-bond donors (Lipinski definition) is 1. The van der Waals surface area contributed by atoms with Gasteiger partial charge >= 0.3 is 0 Å². The zero-order chi connectivity index (χ0) is 21.3. The number of carbonyl (C=O) groups excluding carboxylic acids is 1. The minimum Gasteiger partial charge on any atom is -0.486 e. The highest BCUT2D eigenvalue weighted by molar-refractivity contribution is 5.94. The molecular weight excluding hydrogens is 386 g/mol. The number of aryl methyl sites for hydroxylation is 2. The molecule has 2 aliphatic rings. The van der Waals surface area contributed by atoms with E-state index in [0.29, 0.717) is 13.2 Å². The van der Waals surface area contributed by atoms with Gasteiger partial charge in [-0.05, 0) is 68.1 Å². The highest BCUT2D eigenvalue weighted by Crippen LogP contribution is 2.38. The third kappa shape index (κ3) is 4.09. The molecule has 2 aromatic carbocycles. The van der Waals surface area contributed by atoms with Gasteiger partial charge in [-0.15, -0.1) is 0 Å². The van der Waals surface area contributed by atoms with Crippen molar-refractivity contribution in [3.8, 4) is 11.5 Å². The van der Waals surface area contributed by atoms with Gasteiger partial charge in [0.25, 0.3) is 5.69 Å². The summed E-state index contributed by atoms with van der Waals surface area (Å²) in [5.74, 6) is 1.22. The van der Waals surface area contributed by atoms with E-state index in [-0.39, 0.29) is 29.9 Å². The molecular formula is C22H25N3O5. The number of benzene rings is 2. The van der Waals surface area contributed by atoms with Crippen LogP contribution < -0.4 is 14.8 Å². The van der Waals surface area contributed by atoms with E-state index in [1.54, 1.807) is 6.07 Å². The summed E-state index contributed by atoms with van der Waals surface area (Å²) in [6, 6.07) is 9.18. The van der Waals surface area contributed by atoms with Gasteiger partial charge in [-0.1, -0.05) is 6.07 Å². The summed E-state index contributed by atoms with van der Waals surface area (Å²) in [4.78, 5) is 25.8. The predicted molar refractivity (Wildman–Crippen MR) is 112 cm³/mol. The number of nitro groups is 1. The summed E-state index contributed by atoms with van der Waals surface area (Å²) in [6.45, 7) is 5.72. The van der Waals surface area contributed by atoms with Crippen molar-refractivity contribution >= 4 is 17.3 Å². The van der Waals surface area contributed by atoms with Crippen molar-refractivity contribution in [3.63, 3.8) is 0 Å². The van der Waals surface area contributed by atoms with Crippen LogP contribution in [0.3, 0.4) is 0 Å². The second-order valence-corrected chi connectivity index (χ2v) is 7.79. The average molecular weight is 411 g/mol. The molecule has 0 aliphatic carbocycles. The van der Waals surface area contributed by atoms with E-state index >= 15 is 0 Å². The topological polar surface area (TPSA) is 93.9 Å². The summed E-state index contributed by atoms with van der Waals surface area (Å²) < 4.78 is 11.3. The Kier molecular flexibility index (Phi) is 5.59. The fraction of sp³-hybridized carbons (Fsp3) is 0.409. The van der Waals surface area contributed by atoms with Gasteiger partial charge in [0.2, 0.25) is 5.91 Å². The number of ether oxygens (including phenoxy) is 2. The number of hydrogen-bond acceptors (Lipinski definition) is 6. The zero-order valence-corrected chi connectivity index (χ0v) is 17.1. The van der Waals surface area contributed by atoms with Gasteiger partial charge in [-0.2, -0.15) is 0 Å². The summed E-state index contributed by atoms with van der Waals surface area (Å²) in [5, 5.41) is 14.1. The van der Waals surface area contributed by atoms with Crippen LogP contribution in [0.1, 0.15) is 35.6 Å². The van der Waals surface area contributed by atoms with E-state index in [1.807, 2.05) is 32.0 Å². The molecule has 2 aromatic rings. The van der Waals surface area contributed by atoms with Crippen molar-refractivity contribution in [2.75, 3.05) is 31.6 Å². The molecule has 0 radical (unpaired) electrons. The minimum absolute atomic E-state index is 0.0868. The van der Waals surface area contributed by atoms with Crippen LogP contribution in [-0.4, -0.2) is 42.0 Å². The Balaban J connectivity index is 1.48. The van der Waals surface area contributed by atoms with Crippen LogP contribution >= 0.6 is 0 Å². The lowest BCUT2D eigenvalue weighted by atomic mass is 10.0. The quantitative estimate of drug-likeness (QED) is 0.595. The third-order valence-electron chi connectivity index (χ3n) is 5.74. The number of rotatable bonds is 5. The third-order valence-corrected chi connectivity index (χ3v) is 5.74. The Morgan fingerprint density at radius 3 is 2.67 bits per heavy atom. The number of nitrogens with zero attached hydrogens (tertiary/aromatic N) is 2. The summed E-state index contributed by atoms with van der Waals surface area (Å²) in [6.07, 6.45) is 1.92. The lowest BCUT2D eigenvalue weighted by molar-refractivity contribution is -0.384. The number of nitro benzene ring substituents is 1. The van der Waals surface area contributed by atoms with Gasteiger partial charge in [-0.3, -0.25) is 19.8 Å². The van der Waals surface area contributed by atoms with Crippen molar-refractivity contribution in [2.45, 2.75) is 32.7 Å². The lowest BCUT2D eigenvalue weighted by Crippen LogP contribution is -2.33. The highest BCUT2D eigenvalue weighted by Gasteiger charge is 2.29. The molecule has 0 unspecified atom stereocenters. The fourth-order valence-corrected chi connectivity index (χ4v) is 4.09. The number of carbonyl (C=O) groups is 1. The Bertz CT molecular complexity index is 991. The van der Waals surface area contributed by atoms with Crippen LogP contribution in [0.2, 0.25) is 0 Å². The smallest absolute Gasteiger partial charge is 0.293 e. The molecule has 2 aliphatic heterocycles. The molecule has 158 valence electrons. The highest BCUT2D eigenvalue weighted by atomic mass is 16.6. The molecule has 30 heavy (non-hydrogen) atoms. The fourth-order valence-electron chi connectivity index (χ4n) is 4.09. The van der Waals surface area contributed by atoms with Crippen molar-refractivity contribution in [3.05, 3.63) is 57.1 Å². The standard InChI is InChI=1S/C22H25N3O5/c1-14-10-17(19(25(27)28)11-15(14)2)23-22(26)13-24-7-3-4-18(24)16-5-6-20-21(12-16)30-9-8-29-20/h5-6,10-12,18H,3-4,7-9,13H2,1-2H3,(H,23,26)/t18-/m1/s1. The summed E-state index contributed by atoms with van der Waals surface area (Å²) >= 11 is 0. The Morgan fingerprint density at radius 2 is 1.90 bits per heavy atom. The molecule has 0 aromatic heterocycles. The predicted octanol–water partition coefficient (Wildman–Crippen LogP) is 3.76. The van der Waals surface area contributed by atoms with E-state index < -0.39 is 4.92 Å². The van der Waals surface area contributed by atoms with E-state index in [1.165, 1.54) is 6.07 Å². The molecule has 1 N–H and O–H groups in total. The van der Waals surface area contributed by atoms with Crippen LogP contribution in [-0.2, 0) is 4.79 Å². The van der Waals surface area contributed by atoms with Crippen molar-refractivity contribution < 1.29 is 19.2 Å². The number of nitrogens with one attached hydrogen (secondary N) is 1. The molecule has 8 heteroatoms. The second kappa shape index (κ2) is 8.31. The van der Waals surface area contributed by atoms with Gasteiger partial charge in [0.1, 0.15) is 18.9 Å². The first-order valence-corrected chi connectivity index (χ1v) is 10.1. The van der Waals surface area contributed by atoms with E-state index in [2.05, 4.69) is 10.2 Å². The number of amides is 1. The molecule has 0 bridgehead atoms. The maximum absolute atomic E-state index is 12.7. The van der Waals surface area contributed by atoms with Gasteiger partial charge in [0, 0.05) is 12.1 Å². The molecule has 1 saturated heterocycles. The molecule has 8 nitrogen and oxygen atoms in total. The van der Waals surface area contributed by atoms with E-state index in [9.17, 15) is 14.9 Å². The Labute approximate surface area is 174 Å². The SMILES string of the molecule is Cc1cc(NC(=O)CN2CCC[C@@H]2c2ccc3c(c2)OCCO3)c([N+](=O)[O-])cc1C. The monoisotopic (exact) mass is 411 g/mol. The molecule has 1 fully saturated rings. The number of likely N-dealkylation sites (tertiary alicyclic amines) is 1. The largest absolute Gasteiger partial charge is 0.486 e. The maximum Gasteiger partial charge on any atom is 0.293 e. The number of fused-ring (bicyclic) bond motifs is 1. The maximum atomic E-state index is 12.7. The van der Waals surface area contributed by atoms with Gasteiger partial charge < -0.3 is 14.8 Å². The van der Waals surface area contributed by atoms with Crippen molar-refractivity contribution in [1.82, 2.24) is 4.90 Å². The molecule has 1 amide bonds. The van der Waals surface area contributed by atoms with Crippen LogP contribution in [0.25, 0.3) is 0 Å². The van der Waals surface area contributed by atoms with E-state index in [4.69, 9.17) is 9.47 Å². The first-order valence-electron chi connectivity index (χ1n) is 10.1. The Morgan fingerprint density at radius 1 is 1.17 bits per heavy atom. The summed E-state index contributed by atoms with van der Waals surface area (Å²) in [5.41, 5.74) is 2.95. The molecule has 1 atom stereocenters. The molecule has 2 heterocycles.